The number of carbonyl (C=O) groups is 1. The predicted molar refractivity (Wildman–Crippen MR) is 80.9 cm³/mol. The van der Waals surface area contributed by atoms with Gasteiger partial charge in [-0.3, -0.25) is 9.48 Å². The molecule has 0 radical (unpaired) electrons. The lowest BCUT2D eigenvalue weighted by Gasteiger charge is -2.04. The molecule has 2 rings (SSSR count). The topological polar surface area (TPSA) is 46.9 Å². The van der Waals surface area contributed by atoms with E-state index < -0.39 is 0 Å². The van der Waals surface area contributed by atoms with Crippen LogP contribution in [0.5, 0.6) is 0 Å². The molecule has 0 aromatic carbocycles. The minimum atomic E-state index is -0.0307. The quantitative estimate of drug-likeness (QED) is 0.839. The number of aryl methyl sites for hydroxylation is 2. The van der Waals surface area contributed by atoms with E-state index in [9.17, 15) is 4.79 Å². The Bertz CT molecular complexity index is 588. The molecule has 0 fully saturated rings. The minimum absolute atomic E-state index is 0.0307. The van der Waals surface area contributed by atoms with E-state index in [1.54, 1.807) is 11.3 Å². The van der Waals surface area contributed by atoms with E-state index in [1.165, 1.54) is 0 Å². The summed E-state index contributed by atoms with van der Waals surface area (Å²) in [7, 11) is 1.91. The normalized spacial score (nSPS) is 10.7. The smallest absolute Gasteiger partial charge is 0.252 e. The molecular weight excluding hydrogens is 361 g/mol. The van der Waals surface area contributed by atoms with Crippen LogP contribution in [0.3, 0.4) is 0 Å². The highest BCUT2D eigenvalue weighted by atomic mass is 127. The summed E-state index contributed by atoms with van der Waals surface area (Å²) in [5, 5.41) is 9.14. The van der Waals surface area contributed by atoms with Crippen LogP contribution in [-0.2, 0) is 13.6 Å². The van der Waals surface area contributed by atoms with Gasteiger partial charge in [-0.15, -0.1) is 11.3 Å². The van der Waals surface area contributed by atoms with Crippen molar-refractivity contribution in [1.82, 2.24) is 15.1 Å². The second-order valence-corrected chi connectivity index (χ2v) is 6.90. The predicted octanol–water partition coefficient (Wildman–Crippen LogP) is 2.63. The van der Waals surface area contributed by atoms with Crippen molar-refractivity contribution in [3.05, 3.63) is 36.8 Å². The molecule has 0 atom stereocenters. The summed E-state index contributed by atoms with van der Waals surface area (Å²) in [5.74, 6) is -0.0307. The van der Waals surface area contributed by atoms with E-state index in [0.29, 0.717) is 6.54 Å². The molecule has 1 N–H and O–H groups in total. The summed E-state index contributed by atoms with van der Waals surface area (Å²) in [6, 6.07) is 1.89. The van der Waals surface area contributed by atoms with Gasteiger partial charge in [-0.25, -0.2) is 0 Å². The molecule has 18 heavy (non-hydrogen) atoms. The van der Waals surface area contributed by atoms with Crippen molar-refractivity contribution in [1.29, 1.82) is 0 Å². The molecule has 0 spiro atoms. The van der Waals surface area contributed by atoms with Crippen LogP contribution < -0.4 is 5.32 Å². The molecule has 0 unspecified atom stereocenters. The van der Waals surface area contributed by atoms with Gasteiger partial charge in [0.2, 0.25) is 0 Å². The molecule has 2 aromatic rings. The molecular formula is C12H14IN3OS. The van der Waals surface area contributed by atoms with E-state index in [-0.39, 0.29) is 5.91 Å². The van der Waals surface area contributed by atoms with Crippen LogP contribution in [0.15, 0.2) is 11.4 Å². The molecule has 6 heteroatoms. The number of amides is 1. The van der Waals surface area contributed by atoms with Gasteiger partial charge < -0.3 is 5.32 Å². The van der Waals surface area contributed by atoms with Crippen LogP contribution >= 0.6 is 33.9 Å². The monoisotopic (exact) mass is 375 g/mol. The standard InChI is InChI=1S/C12H14IN3OS/c1-7-10(8(2)16(3)15-7)5-14-12(17)9-4-11(13)18-6-9/h4,6H,5H2,1-3H3,(H,14,17). The molecule has 0 saturated carbocycles. The maximum atomic E-state index is 11.9. The van der Waals surface area contributed by atoms with Gasteiger partial charge in [-0.05, 0) is 42.5 Å². The van der Waals surface area contributed by atoms with Crippen LogP contribution in [0.25, 0.3) is 0 Å². The molecule has 0 aliphatic rings. The highest BCUT2D eigenvalue weighted by molar-refractivity contribution is 14.1. The second kappa shape index (κ2) is 5.40. The molecule has 2 aromatic heterocycles. The first-order chi connectivity index (χ1) is 8.49. The first-order valence-electron chi connectivity index (χ1n) is 5.50. The van der Waals surface area contributed by atoms with Crippen molar-refractivity contribution in [3.63, 3.8) is 0 Å². The van der Waals surface area contributed by atoms with E-state index in [0.717, 1.165) is 25.4 Å². The van der Waals surface area contributed by atoms with Gasteiger partial charge in [0.05, 0.1) is 14.1 Å². The Morgan fingerprint density at radius 2 is 2.28 bits per heavy atom. The van der Waals surface area contributed by atoms with Crippen molar-refractivity contribution >= 4 is 39.8 Å². The molecule has 4 nitrogen and oxygen atoms in total. The first kappa shape index (κ1) is 13.5. The average molecular weight is 375 g/mol. The third-order valence-corrected chi connectivity index (χ3v) is 4.70. The van der Waals surface area contributed by atoms with Crippen LogP contribution in [0.2, 0.25) is 0 Å². The minimum Gasteiger partial charge on any atom is -0.348 e. The summed E-state index contributed by atoms with van der Waals surface area (Å²) in [5.41, 5.74) is 3.88. The molecule has 0 bridgehead atoms. The maximum absolute atomic E-state index is 11.9. The zero-order valence-electron chi connectivity index (χ0n) is 10.5. The van der Waals surface area contributed by atoms with Crippen LogP contribution in [0, 0.1) is 16.7 Å². The lowest BCUT2D eigenvalue weighted by molar-refractivity contribution is 0.0951. The third-order valence-electron chi connectivity index (χ3n) is 2.91. The Hall–Kier alpha value is -0.890. The van der Waals surface area contributed by atoms with Crippen molar-refractivity contribution < 1.29 is 4.79 Å². The summed E-state index contributed by atoms with van der Waals surface area (Å²) in [6.07, 6.45) is 0. The SMILES string of the molecule is Cc1nn(C)c(C)c1CNC(=O)c1csc(I)c1. The van der Waals surface area contributed by atoms with Gasteiger partial charge in [-0.1, -0.05) is 0 Å². The van der Waals surface area contributed by atoms with Gasteiger partial charge in [0.15, 0.2) is 0 Å². The Labute approximate surface area is 124 Å². The van der Waals surface area contributed by atoms with Gasteiger partial charge in [-0.2, -0.15) is 5.10 Å². The summed E-state index contributed by atoms with van der Waals surface area (Å²) in [4.78, 5) is 11.9. The van der Waals surface area contributed by atoms with Gasteiger partial charge >= 0.3 is 0 Å². The number of nitrogens with zero attached hydrogens (tertiary/aromatic N) is 2. The lowest BCUT2D eigenvalue weighted by Crippen LogP contribution is -2.22. The number of aromatic nitrogens is 2. The number of rotatable bonds is 3. The van der Waals surface area contributed by atoms with Crippen molar-refractivity contribution in [2.24, 2.45) is 7.05 Å². The molecule has 1 amide bonds. The van der Waals surface area contributed by atoms with E-state index in [2.05, 4.69) is 33.0 Å². The summed E-state index contributed by atoms with van der Waals surface area (Å²) in [6.45, 7) is 4.49. The number of hydrogen-bond donors (Lipinski definition) is 1. The van der Waals surface area contributed by atoms with Gasteiger partial charge in [0.25, 0.3) is 5.91 Å². The number of hydrogen-bond acceptors (Lipinski definition) is 3. The molecule has 96 valence electrons. The number of halogens is 1. The highest BCUT2D eigenvalue weighted by Crippen LogP contribution is 2.17. The van der Waals surface area contributed by atoms with Gasteiger partial charge in [0, 0.05) is 30.2 Å². The lowest BCUT2D eigenvalue weighted by atomic mass is 10.2. The highest BCUT2D eigenvalue weighted by Gasteiger charge is 2.12. The maximum Gasteiger partial charge on any atom is 0.252 e. The molecule has 2 heterocycles. The Kier molecular flexibility index (Phi) is 4.06. The fraction of sp³-hybridized carbons (Fsp3) is 0.333. The largest absolute Gasteiger partial charge is 0.348 e. The van der Waals surface area contributed by atoms with Crippen LogP contribution in [-0.4, -0.2) is 15.7 Å². The van der Waals surface area contributed by atoms with Crippen LogP contribution in [0.4, 0.5) is 0 Å². The van der Waals surface area contributed by atoms with Gasteiger partial charge in [0.1, 0.15) is 0 Å². The van der Waals surface area contributed by atoms with E-state index in [1.807, 2.05) is 37.0 Å². The molecule has 0 aliphatic heterocycles. The van der Waals surface area contributed by atoms with Crippen LogP contribution in [0.1, 0.15) is 27.3 Å². The average Bonchev–Trinajstić information content (AvgIpc) is 2.83. The number of carbonyl (C=O) groups excluding carboxylic acids is 1. The van der Waals surface area contributed by atoms with Crippen molar-refractivity contribution in [2.75, 3.05) is 0 Å². The number of nitrogens with one attached hydrogen (secondary N) is 1. The fourth-order valence-electron chi connectivity index (χ4n) is 1.77. The van der Waals surface area contributed by atoms with Crippen molar-refractivity contribution in [2.45, 2.75) is 20.4 Å². The Morgan fingerprint density at radius 3 is 2.78 bits per heavy atom. The fourth-order valence-corrected chi connectivity index (χ4v) is 3.10. The second-order valence-electron chi connectivity index (χ2n) is 4.10. The summed E-state index contributed by atoms with van der Waals surface area (Å²) < 4.78 is 2.95. The molecule has 0 saturated heterocycles. The van der Waals surface area contributed by atoms with E-state index in [4.69, 9.17) is 0 Å². The zero-order valence-corrected chi connectivity index (χ0v) is 13.4. The third kappa shape index (κ3) is 2.74. The van der Waals surface area contributed by atoms with E-state index >= 15 is 0 Å². The Balaban J connectivity index is 2.06. The summed E-state index contributed by atoms with van der Waals surface area (Å²) >= 11 is 3.79. The molecule has 0 aliphatic carbocycles. The number of thiophene rings is 1. The first-order valence-corrected chi connectivity index (χ1v) is 7.46. The zero-order chi connectivity index (χ0) is 13.3. The van der Waals surface area contributed by atoms with Crippen molar-refractivity contribution in [3.8, 4) is 0 Å². The Morgan fingerprint density at radius 1 is 1.56 bits per heavy atom.